The molecule has 2 aliphatic heterocycles. The van der Waals surface area contributed by atoms with E-state index in [1.807, 2.05) is 6.07 Å². The SMILES string of the molecule is COc1ccc2c(c1Cl)C(O)N(CC1(C#Cc3cccnc3)NC(=O)NC1O)C2. The van der Waals surface area contributed by atoms with Gasteiger partial charge in [0.25, 0.3) is 0 Å². The topological polar surface area (TPSA) is 107 Å². The van der Waals surface area contributed by atoms with E-state index in [0.717, 1.165) is 5.56 Å². The molecule has 3 heterocycles. The van der Waals surface area contributed by atoms with Gasteiger partial charge in [-0.2, -0.15) is 0 Å². The van der Waals surface area contributed by atoms with E-state index in [4.69, 9.17) is 16.3 Å². The number of aliphatic hydroxyl groups is 2. The maximum Gasteiger partial charge on any atom is 0.318 e. The number of aromatic nitrogens is 1. The van der Waals surface area contributed by atoms with Crippen LogP contribution in [0.1, 0.15) is 22.9 Å². The molecule has 1 saturated heterocycles. The Morgan fingerprint density at radius 3 is 2.90 bits per heavy atom. The van der Waals surface area contributed by atoms with Crippen LogP contribution < -0.4 is 15.4 Å². The van der Waals surface area contributed by atoms with Gasteiger partial charge in [-0.15, -0.1) is 0 Å². The minimum absolute atomic E-state index is 0.0641. The van der Waals surface area contributed by atoms with Crippen molar-refractivity contribution in [2.24, 2.45) is 0 Å². The summed E-state index contributed by atoms with van der Waals surface area (Å²) in [6.07, 6.45) is 0.920. The third kappa shape index (κ3) is 3.50. The van der Waals surface area contributed by atoms with Crippen molar-refractivity contribution in [1.29, 1.82) is 0 Å². The van der Waals surface area contributed by atoms with E-state index in [2.05, 4.69) is 27.5 Å². The number of amides is 2. The molecule has 3 unspecified atom stereocenters. The van der Waals surface area contributed by atoms with E-state index < -0.39 is 24.0 Å². The van der Waals surface area contributed by atoms with E-state index >= 15 is 0 Å². The van der Waals surface area contributed by atoms with E-state index in [0.29, 0.717) is 28.4 Å². The van der Waals surface area contributed by atoms with Gasteiger partial charge in [0.15, 0.2) is 11.8 Å². The van der Waals surface area contributed by atoms with Crippen molar-refractivity contribution >= 4 is 17.6 Å². The Labute approximate surface area is 172 Å². The second-order valence-corrected chi connectivity index (χ2v) is 7.28. The third-order valence-electron chi connectivity index (χ3n) is 5.05. The largest absolute Gasteiger partial charge is 0.495 e. The molecule has 1 aromatic heterocycles. The molecular formula is C20H19ClN4O4. The van der Waals surface area contributed by atoms with E-state index in [-0.39, 0.29) is 6.54 Å². The number of urea groups is 1. The fraction of sp³-hybridized carbons (Fsp3) is 0.300. The van der Waals surface area contributed by atoms with E-state index in [1.165, 1.54) is 7.11 Å². The molecule has 1 fully saturated rings. The molecule has 2 amide bonds. The van der Waals surface area contributed by atoms with E-state index in [1.54, 1.807) is 35.5 Å². The normalized spacial score (nSPS) is 25.6. The molecular weight excluding hydrogens is 396 g/mol. The van der Waals surface area contributed by atoms with Crippen LogP contribution in [0.15, 0.2) is 36.7 Å². The predicted molar refractivity (Wildman–Crippen MR) is 105 cm³/mol. The number of ether oxygens (including phenoxy) is 1. The summed E-state index contributed by atoms with van der Waals surface area (Å²) in [6.45, 7) is 0.438. The summed E-state index contributed by atoms with van der Waals surface area (Å²) < 4.78 is 5.23. The van der Waals surface area contributed by atoms with Crippen LogP contribution in [0.4, 0.5) is 4.79 Å². The Morgan fingerprint density at radius 2 is 2.24 bits per heavy atom. The van der Waals surface area contributed by atoms with Gasteiger partial charge < -0.3 is 25.6 Å². The van der Waals surface area contributed by atoms with Crippen molar-refractivity contribution in [1.82, 2.24) is 20.5 Å². The van der Waals surface area contributed by atoms with Crippen molar-refractivity contribution < 1.29 is 19.7 Å². The minimum Gasteiger partial charge on any atom is -0.495 e. The number of pyridine rings is 1. The van der Waals surface area contributed by atoms with Crippen LogP contribution in [-0.4, -0.2) is 51.5 Å². The van der Waals surface area contributed by atoms with Crippen molar-refractivity contribution in [2.45, 2.75) is 24.5 Å². The van der Waals surface area contributed by atoms with Crippen molar-refractivity contribution in [3.8, 4) is 17.6 Å². The number of aliphatic hydroxyl groups excluding tert-OH is 2. The third-order valence-corrected chi connectivity index (χ3v) is 5.44. The number of rotatable bonds is 3. The van der Waals surface area contributed by atoms with Gasteiger partial charge >= 0.3 is 6.03 Å². The summed E-state index contributed by atoms with van der Waals surface area (Å²) in [4.78, 5) is 17.6. The summed E-state index contributed by atoms with van der Waals surface area (Å²) in [7, 11) is 1.51. The predicted octanol–water partition coefficient (Wildman–Crippen LogP) is 0.972. The zero-order valence-electron chi connectivity index (χ0n) is 15.5. The zero-order chi connectivity index (χ0) is 20.6. The Bertz CT molecular complexity index is 1010. The second-order valence-electron chi connectivity index (χ2n) is 6.90. The number of benzene rings is 1. The van der Waals surface area contributed by atoms with Crippen molar-refractivity contribution in [3.05, 3.63) is 58.4 Å². The maximum atomic E-state index is 11.9. The first-order valence-electron chi connectivity index (χ1n) is 8.91. The second kappa shape index (κ2) is 7.54. The number of halogens is 1. The molecule has 8 nitrogen and oxygen atoms in total. The fourth-order valence-corrected chi connectivity index (χ4v) is 3.94. The Morgan fingerprint density at radius 1 is 1.41 bits per heavy atom. The lowest BCUT2D eigenvalue weighted by Crippen LogP contribution is -2.56. The molecule has 3 atom stereocenters. The number of hydrogen-bond donors (Lipinski definition) is 4. The lowest BCUT2D eigenvalue weighted by molar-refractivity contribution is -0.0136. The molecule has 1 aromatic carbocycles. The highest BCUT2D eigenvalue weighted by molar-refractivity contribution is 6.33. The van der Waals surface area contributed by atoms with Gasteiger partial charge in [-0.25, -0.2) is 4.79 Å². The number of nitrogens with zero attached hydrogens (tertiary/aromatic N) is 2. The van der Waals surface area contributed by atoms with Crippen LogP contribution in [-0.2, 0) is 6.54 Å². The molecule has 0 aliphatic carbocycles. The van der Waals surface area contributed by atoms with Crippen molar-refractivity contribution in [2.75, 3.05) is 13.7 Å². The van der Waals surface area contributed by atoms with Gasteiger partial charge in [0.05, 0.1) is 12.1 Å². The quantitative estimate of drug-likeness (QED) is 0.558. The first kappa shape index (κ1) is 19.5. The highest BCUT2D eigenvalue weighted by Gasteiger charge is 2.48. The van der Waals surface area contributed by atoms with Gasteiger partial charge in [0.2, 0.25) is 0 Å². The summed E-state index contributed by atoms with van der Waals surface area (Å²) >= 11 is 6.38. The highest BCUT2D eigenvalue weighted by atomic mass is 35.5. The first-order chi connectivity index (χ1) is 13.9. The summed E-state index contributed by atoms with van der Waals surface area (Å²) in [5.41, 5.74) is 0.698. The van der Waals surface area contributed by atoms with Gasteiger partial charge in [0.1, 0.15) is 12.0 Å². The molecule has 0 radical (unpaired) electrons. The van der Waals surface area contributed by atoms with Crippen LogP contribution >= 0.6 is 11.6 Å². The zero-order valence-corrected chi connectivity index (χ0v) is 16.3. The molecule has 4 N–H and O–H groups in total. The van der Waals surface area contributed by atoms with Gasteiger partial charge in [0, 0.05) is 36.6 Å². The van der Waals surface area contributed by atoms with Gasteiger partial charge in [-0.05, 0) is 23.8 Å². The number of methoxy groups -OCH3 is 1. The molecule has 2 aliphatic rings. The smallest absolute Gasteiger partial charge is 0.318 e. The maximum absolute atomic E-state index is 11.9. The van der Waals surface area contributed by atoms with Crippen LogP contribution in [0.2, 0.25) is 5.02 Å². The lowest BCUT2D eigenvalue weighted by atomic mass is 9.98. The van der Waals surface area contributed by atoms with Crippen LogP contribution in [0, 0.1) is 11.8 Å². The molecule has 29 heavy (non-hydrogen) atoms. The highest BCUT2D eigenvalue weighted by Crippen LogP contribution is 2.42. The molecule has 150 valence electrons. The Balaban J connectivity index is 1.65. The summed E-state index contributed by atoms with van der Waals surface area (Å²) in [5.74, 6) is 6.36. The Kier molecular flexibility index (Phi) is 5.06. The van der Waals surface area contributed by atoms with E-state index in [9.17, 15) is 15.0 Å². The Hall–Kier alpha value is -2.83. The minimum atomic E-state index is -1.33. The molecule has 9 heteroatoms. The van der Waals surface area contributed by atoms with Crippen LogP contribution in [0.3, 0.4) is 0 Å². The van der Waals surface area contributed by atoms with Crippen LogP contribution in [0.25, 0.3) is 0 Å². The molecule has 4 rings (SSSR count). The molecule has 0 spiro atoms. The summed E-state index contributed by atoms with van der Waals surface area (Å²) in [5, 5.41) is 26.8. The number of carbonyl (C=O) groups excluding carboxylic acids is 1. The monoisotopic (exact) mass is 414 g/mol. The van der Waals surface area contributed by atoms with Gasteiger partial charge in [-0.1, -0.05) is 29.5 Å². The fourth-order valence-electron chi connectivity index (χ4n) is 3.58. The number of nitrogens with one attached hydrogen (secondary N) is 2. The first-order valence-corrected chi connectivity index (χ1v) is 9.28. The average Bonchev–Trinajstić information content (AvgIpc) is 3.17. The molecule has 2 aromatic rings. The summed E-state index contributed by atoms with van der Waals surface area (Å²) in [6, 6.07) is 6.55. The number of hydrogen-bond acceptors (Lipinski definition) is 6. The molecule has 0 bridgehead atoms. The lowest BCUT2D eigenvalue weighted by Gasteiger charge is -2.32. The van der Waals surface area contributed by atoms with Gasteiger partial charge in [-0.3, -0.25) is 9.88 Å². The average molecular weight is 415 g/mol. The number of fused-ring (bicyclic) bond motifs is 1. The van der Waals surface area contributed by atoms with Crippen molar-refractivity contribution in [3.63, 3.8) is 0 Å². The standard InChI is InChI=1S/C20H19ClN4O4/c1-29-14-5-4-13-10-25(17(26)15(13)16(14)21)11-20(18(27)23-19(28)24-20)7-6-12-3-2-8-22-9-12/h2-5,8-9,17-18,26-27H,10-11H2,1H3,(H2,23,24,28). The number of carbonyl (C=O) groups is 1. The van der Waals surface area contributed by atoms with Crippen LogP contribution in [0.5, 0.6) is 5.75 Å². The molecule has 0 saturated carbocycles.